The lowest BCUT2D eigenvalue weighted by Crippen LogP contribution is -2.56. The van der Waals surface area contributed by atoms with Crippen molar-refractivity contribution in [3.05, 3.63) is 24.3 Å². The summed E-state index contributed by atoms with van der Waals surface area (Å²) in [6.07, 6.45) is 7.63. The number of nitrogens with two attached hydrogens (primary N) is 1. The van der Waals surface area contributed by atoms with Crippen molar-refractivity contribution in [3.63, 3.8) is 0 Å². The van der Waals surface area contributed by atoms with Crippen molar-refractivity contribution in [2.24, 2.45) is 28.9 Å². The quantitative estimate of drug-likeness (QED) is 0.778. The van der Waals surface area contributed by atoms with Crippen LogP contribution in [0.5, 0.6) is 0 Å². The van der Waals surface area contributed by atoms with Crippen molar-refractivity contribution in [3.8, 4) is 0 Å². The highest BCUT2D eigenvalue weighted by molar-refractivity contribution is 6.20. The van der Waals surface area contributed by atoms with Gasteiger partial charge in [0.25, 0.3) is 11.8 Å². The molecule has 5 aliphatic rings. The molecule has 0 spiro atoms. The van der Waals surface area contributed by atoms with Crippen LogP contribution in [0.3, 0.4) is 0 Å². The van der Waals surface area contributed by atoms with Crippen LogP contribution in [0, 0.1) is 23.2 Å². The maximum Gasteiger partial charge on any atom is 0.253 e. The normalized spacial score (nSPS) is 36.6. The first-order valence-corrected chi connectivity index (χ1v) is 10.6. The second-order valence-corrected chi connectivity index (χ2v) is 9.52. The van der Waals surface area contributed by atoms with Crippen LogP contribution in [0.15, 0.2) is 24.3 Å². The fourth-order valence-corrected chi connectivity index (χ4v) is 6.91. The highest BCUT2D eigenvalue weighted by Gasteiger charge is 2.52. The van der Waals surface area contributed by atoms with Gasteiger partial charge in [0.2, 0.25) is 0 Å². The molecule has 4 fully saturated rings. The van der Waals surface area contributed by atoms with Crippen molar-refractivity contribution >= 4 is 23.2 Å². The predicted octanol–water partition coefficient (Wildman–Crippen LogP) is 1.90. The highest BCUT2D eigenvalue weighted by atomic mass is 16.3. The van der Waals surface area contributed by atoms with Crippen LogP contribution in [0.4, 0.5) is 11.4 Å². The summed E-state index contributed by atoms with van der Waals surface area (Å²) in [4.78, 5) is 29.4. The van der Waals surface area contributed by atoms with Gasteiger partial charge in [0.15, 0.2) is 6.04 Å². The molecular weight excluding hydrogens is 354 g/mol. The molecule has 3 N–H and O–H groups in total. The monoisotopic (exact) mass is 383 g/mol. The van der Waals surface area contributed by atoms with E-state index in [9.17, 15) is 14.7 Å². The van der Waals surface area contributed by atoms with Crippen molar-refractivity contribution in [2.45, 2.75) is 44.6 Å². The molecule has 150 valence electrons. The first-order chi connectivity index (χ1) is 13.5. The van der Waals surface area contributed by atoms with E-state index in [1.165, 1.54) is 43.4 Å². The molecule has 1 heterocycles. The Labute approximate surface area is 165 Å². The SMILES string of the molecule is NC1C(=O)N(CCO)c2ccccc2N(CC23CC4CC(CC(C4)C2)C3)C1=O. The first kappa shape index (κ1) is 18.1. The van der Waals surface area contributed by atoms with Gasteiger partial charge in [-0.05, 0) is 73.8 Å². The summed E-state index contributed by atoms with van der Waals surface area (Å²) in [7, 11) is 0. The minimum Gasteiger partial charge on any atom is -0.395 e. The Bertz CT molecular complexity index is 773. The second-order valence-electron chi connectivity index (χ2n) is 9.52. The molecule has 4 aliphatic carbocycles. The number of β-amino-alcohol motifs (C(OH)–C–C–N with tert-alkyl or cyclic N) is 1. The Hall–Kier alpha value is -1.92. The number of anilines is 2. The number of benzene rings is 1. The smallest absolute Gasteiger partial charge is 0.253 e. The molecule has 4 saturated carbocycles. The number of carbonyl (C=O) groups excluding carboxylic acids is 2. The lowest BCUT2D eigenvalue weighted by molar-refractivity contribution is -0.129. The average Bonchev–Trinajstić information content (AvgIpc) is 2.73. The van der Waals surface area contributed by atoms with E-state index in [4.69, 9.17) is 5.73 Å². The maximum atomic E-state index is 13.3. The molecule has 2 amide bonds. The fourth-order valence-electron chi connectivity index (χ4n) is 6.91. The van der Waals surface area contributed by atoms with E-state index in [1.807, 2.05) is 24.3 Å². The van der Waals surface area contributed by atoms with Crippen LogP contribution >= 0.6 is 0 Å². The molecule has 0 aromatic heterocycles. The molecule has 6 nitrogen and oxygen atoms in total. The fraction of sp³-hybridized carbons (Fsp3) is 0.636. The summed E-state index contributed by atoms with van der Waals surface area (Å²) >= 11 is 0. The number of hydrogen-bond donors (Lipinski definition) is 2. The largest absolute Gasteiger partial charge is 0.395 e. The maximum absolute atomic E-state index is 13.3. The van der Waals surface area contributed by atoms with Crippen LogP contribution in [0.1, 0.15) is 38.5 Å². The number of para-hydroxylation sites is 2. The number of rotatable bonds is 4. The molecule has 6 heteroatoms. The minimum absolute atomic E-state index is 0.141. The molecular formula is C22H29N3O3. The van der Waals surface area contributed by atoms with E-state index in [2.05, 4.69) is 0 Å². The first-order valence-electron chi connectivity index (χ1n) is 10.6. The highest BCUT2D eigenvalue weighted by Crippen LogP contribution is 2.60. The molecule has 28 heavy (non-hydrogen) atoms. The summed E-state index contributed by atoms with van der Waals surface area (Å²) in [5.74, 6) is 1.65. The Morgan fingerprint density at radius 3 is 1.96 bits per heavy atom. The lowest BCUT2D eigenvalue weighted by Gasteiger charge is -2.57. The summed E-state index contributed by atoms with van der Waals surface area (Å²) in [6.45, 7) is 0.623. The lowest BCUT2D eigenvalue weighted by atomic mass is 9.49. The van der Waals surface area contributed by atoms with E-state index in [-0.39, 0.29) is 24.5 Å². The van der Waals surface area contributed by atoms with Crippen LogP contribution in [-0.4, -0.2) is 42.7 Å². The summed E-state index contributed by atoms with van der Waals surface area (Å²) in [6, 6.07) is 6.30. The molecule has 0 radical (unpaired) electrons. The Balaban J connectivity index is 1.53. The molecule has 1 unspecified atom stereocenters. The van der Waals surface area contributed by atoms with Gasteiger partial charge in [0.05, 0.1) is 18.0 Å². The summed E-state index contributed by atoms with van der Waals surface area (Å²) in [5.41, 5.74) is 7.70. The van der Waals surface area contributed by atoms with E-state index in [1.54, 1.807) is 4.90 Å². The van der Waals surface area contributed by atoms with Gasteiger partial charge in [-0.3, -0.25) is 9.59 Å². The van der Waals surface area contributed by atoms with Gasteiger partial charge >= 0.3 is 0 Å². The molecule has 1 atom stereocenters. The number of carbonyl (C=O) groups is 2. The summed E-state index contributed by atoms with van der Waals surface area (Å²) in [5, 5.41) is 9.45. The van der Waals surface area contributed by atoms with Gasteiger partial charge in [-0.15, -0.1) is 0 Å². The number of fused-ring (bicyclic) bond motifs is 1. The van der Waals surface area contributed by atoms with Gasteiger partial charge in [-0.25, -0.2) is 0 Å². The zero-order valence-corrected chi connectivity index (χ0v) is 16.2. The van der Waals surface area contributed by atoms with Gasteiger partial charge in [-0.2, -0.15) is 0 Å². The van der Waals surface area contributed by atoms with E-state index >= 15 is 0 Å². The number of aliphatic hydroxyl groups excluding tert-OH is 1. The third-order valence-corrected chi connectivity index (χ3v) is 7.51. The second kappa shape index (κ2) is 6.56. The number of aliphatic hydroxyl groups is 1. The standard InChI is InChI=1S/C22H29N3O3/c23-19-20(27)24(5-6-26)17-3-1-2-4-18(17)25(21(19)28)13-22-10-14-7-15(11-22)9-16(8-14)12-22/h1-4,14-16,19,26H,5-13,23H2. The average molecular weight is 383 g/mol. The molecule has 4 bridgehead atoms. The van der Waals surface area contributed by atoms with Crippen molar-refractivity contribution in [2.75, 3.05) is 29.5 Å². The van der Waals surface area contributed by atoms with Crippen LogP contribution < -0.4 is 15.5 Å². The number of nitrogens with zero attached hydrogens (tertiary/aromatic N) is 2. The van der Waals surface area contributed by atoms with Crippen LogP contribution in [0.2, 0.25) is 0 Å². The van der Waals surface area contributed by atoms with Crippen molar-refractivity contribution in [1.82, 2.24) is 0 Å². The van der Waals surface area contributed by atoms with Crippen molar-refractivity contribution < 1.29 is 14.7 Å². The third kappa shape index (κ3) is 2.77. The van der Waals surface area contributed by atoms with Gasteiger partial charge in [0, 0.05) is 13.1 Å². The van der Waals surface area contributed by atoms with E-state index in [0.29, 0.717) is 12.2 Å². The van der Waals surface area contributed by atoms with Gasteiger partial charge in [0.1, 0.15) is 0 Å². The molecule has 1 aromatic carbocycles. The molecule has 0 saturated heterocycles. The molecule has 1 aromatic rings. The van der Waals surface area contributed by atoms with E-state index < -0.39 is 11.9 Å². The Morgan fingerprint density at radius 1 is 0.929 bits per heavy atom. The van der Waals surface area contributed by atoms with Gasteiger partial charge in [-0.1, -0.05) is 12.1 Å². The third-order valence-electron chi connectivity index (χ3n) is 7.51. The van der Waals surface area contributed by atoms with Crippen molar-refractivity contribution in [1.29, 1.82) is 0 Å². The zero-order valence-electron chi connectivity index (χ0n) is 16.2. The Kier molecular flexibility index (Phi) is 4.25. The Morgan fingerprint density at radius 2 is 1.43 bits per heavy atom. The minimum atomic E-state index is -1.21. The zero-order chi connectivity index (χ0) is 19.5. The number of hydrogen-bond acceptors (Lipinski definition) is 4. The molecule has 6 rings (SSSR count). The number of amides is 2. The molecule has 1 aliphatic heterocycles. The predicted molar refractivity (Wildman–Crippen MR) is 107 cm³/mol. The van der Waals surface area contributed by atoms with Gasteiger partial charge < -0.3 is 20.6 Å². The van der Waals surface area contributed by atoms with Crippen LogP contribution in [0.25, 0.3) is 0 Å². The topological polar surface area (TPSA) is 86.9 Å². The van der Waals surface area contributed by atoms with E-state index in [0.717, 1.165) is 23.4 Å². The van der Waals surface area contributed by atoms with Crippen LogP contribution in [-0.2, 0) is 9.59 Å². The summed E-state index contributed by atoms with van der Waals surface area (Å²) < 4.78 is 0.